The Balaban J connectivity index is 2.21. The number of thiophene rings is 1. The van der Waals surface area contributed by atoms with E-state index in [0.29, 0.717) is 0 Å². The fraction of sp³-hybridized carbons (Fsp3) is 0. The van der Waals surface area contributed by atoms with Crippen LogP contribution in [0.4, 0.5) is 0 Å². The number of benzene rings is 2. The van der Waals surface area contributed by atoms with Crippen LogP contribution in [0.5, 0.6) is 0 Å². The summed E-state index contributed by atoms with van der Waals surface area (Å²) in [5.74, 6) is 0. The normalized spacial score (nSPS) is 11.6. The van der Waals surface area contributed by atoms with Crippen LogP contribution in [0.15, 0.2) is 48.7 Å². The van der Waals surface area contributed by atoms with Gasteiger partial charge >= 0.3 is 0 Å². The Labute approximate surface area is 107 Å². The summed E-state index contributed by atoms with van der Waals surface area (Å²) < 4.78 is 2.44. The number of hydrogen-bond acceptors (Lipinski definition) is 3. The van der Waals surface area contributed by atoms with Crippen molar-refractivity contribution in [1.82, 2.24) is 0 Å². The molecular formula is C14H9NO2S. The van der Waals surface area contributed by atoms with Gasteiger partial charge < -0.3 is 0 Å². The van der Waals surface area contributed by atoms with E-state index in [9.17, 15) is 10.1 Å². The van der Waals surface area contributed by atoms with Crippen molar-refractivity contribution < 1.29 is 4.92 Å². The highest BCUT2D eigenvalue weighted by atomic mass is 32.1. The molecular weight excluding hydrogens is 246 g/mol. The van der Waals surface area contributed by atoms with Gasteiger partial charge in [-0.3, -0.25) is 10.1 Å². The summed E-state index contributed by atoms with van der Waals surface area (Å²) in [6.45, 7) is 0. The first kappa shape index (κ1) is 10.9. The molecule has 88 valence electrons. The van der Waals surface area contributed by atoms with E-state index in [1.54, 1.807) is 11.3 Å². The van der Waals surface area contributed by atoms with Crippen molar-refractivity contribution in [3.8, 4) is 0 Å². The lowest BCUT2D eigenvalue weighted by Gasteiger charge is -1.94. The fourth-order valence-electron chi connectivity index (χ4n) is 1.99. The Kier molecular flexibility index (Phi) is 2.57. The Morgan fingerprint density at radius 1 is 1.06 bits per heavy atom. The number of hydrogen-bond donors (Lipinski definition) is 0. The molecule has 0 aliphatic heterocycles. The molecule has 18 heavy (non-hydrogen) atoms. The minimum atomic E-state index is -0.448. The van der Waals surface area contributed by atoms with Crippen molar-refractivity contribution in [3.05, 3.63) is 64.3 Å². The second-order valence-electron chi connectivity index (χ2n) is 3.95. The zero-order chi connectivity index (χ0) is 12.5. The molecule has 0 amide bonds. The van der Waals surface area contributed by atoms with Gasteiger partial charge in [0, 0.05) is 26.2 Å². The standard InChI is InChI=1S/C14H9NO2S/c16-15(17)8-7-10-5-6-14-12(9-10)11-3-1-2-4-13(11)18-14/h1-9H/b8-7+. The maximum absolute atomic E-state index is 10.3. The molecule has 3 nitrogen and oxygen atoms in total. The van der Waals surface area contributed by atoms with Crippen LogP contribution in [-0.4, -0.2) is 4.92 Å². The predicted octanol–water partition coefficient (Wildman–Crippen LogP) is 4.30. The smallest absolute Gasteiger partial charge is 0.235 e. The zero-order valence-corrected chi connectivity index (χ0v) is 10.2. The van der Waals surface area contributed by atoms with Gasteiger partial charge in [-0.1, -0.05) is 24.3 Å². The summed E-state index contributed by atoms with van der Waals surface area (Å²) in [4.78, 5) is 9.87. The van der Waals surface area contributed by atoms with E-state index in [0.717, 1.165) is 17.1 Å². The minimum Gasteiger partial charge on any atom is -0.259 e. The first-order valence-corrected chi connectivity index (χ1v) is 6.29. The summed E-state index contributed by atoms with van der Waals surface area (Å²) in [6.07, 6.45) is 2.49. The molecule has 0 saturated heterocycles. The maximum Gasteiger partial charge on any atom is 0.235 e. The first-order valence-electron chi connectivity index (χ1n) is 5.47. The lowest BCUT2D eigenvalue weighted by Crippen LogP contribution is -1.82. The van der Waals surface area contributed by atoms with E-state index >= 15 is 0 Å². The van der Waals surface area contributed by atoms with Gasteiger partial charge in [0.2, 0.25) is 6.20 Å². The van der Waals surface area contributed by atoms with Crippen molar-refractivity contribution in [2.45, 2.75) is 0 Å². The molecule has 0 spiro atoms. The third-order valence-corrected chi connectivity index (χ3v) is 3.94. The molecule has 0 atom stereocenters. The van der Waals surface area contributed by atoms with E-state index in [1.165, 1.54) is 20.9 Å². The van der Waals surface area contributed by atoms with Crippen LogP contribution in [0, 0.1) is 10.1 Å². The van der Waals surface area contributed by atoms with Crippen molar-refractivity contribution in [2.24, 2.45) is 0 Å². The van der Waals surface area contributed by atoms with Crippen LogP contribution in [0.25, 0.3) is 26.2 Å². The van der Waals surface area contributed by atoms with Crippen molar-refractivity contribution in [2.75, 3.05) is 0 Å². The predicted molar refractivity (Wildman–Crippen MR) is 75.4 cm³/mol. The number of nitrogens with zero attached hydrogens (tertiary/aromatic N) is 1. The van der Waals surface area contributed by atoms with Crippen LogP contribution in [0.1, 0.15) is 5.56 Å². The van der Waals surface area contributed by atoms with E-state index in [-0.39, 0.29) is 0 Å². The monoisotopic (exact) mass is 255 g/mol. The van der Waals surface area contributed by atoms with Crippen LogP contribution >= 0.6 is 11.3 Å². The minimum absolute atomic E-state index is 0.448. The third kappa shape index (κ3) is 1.87. The zero-order valence-electron chi connectivity index (χ0n) is 9.37. The van der Waals surface area contributed by atoms with Gasteiger partial charge in [-0.05, 0) is 23.8 Å². The lowest BCUT2D eigenvalue weighted by molar-refractivity contribution is -0.400. The van der Waals surface area contributed by atoms with Gasteiger partial charge in [0.15, 0.2) is 0 Å². The molecule has 0 N–H and O–H groups in total. The van der Waals surface area contributed by atoms with Crippen molar-refractivity contribution >= 4 is 37.6 Å². The first-order chi connectivity index (χ1) is 8.74. The third-order valence-electron chi connectivity index (χ3n) is 2.79. The van der Waals surface area contributed by atoms with Gasteiger partial charge in [-0.25, -0.2) is 0 Å². The Bertz CT molecular complexity index is 774. The molecule has 0 radical (unpaired) electrons. The molecule has 3 aromatic rings. The highest BCUT2D eigenvalue weighted by molar-refractivity contribution is 7.25. The summed E-state index contributed by atoms with van der Waals surface area (Å²) in [6, 6.07) is 14.1. The van der Waals surface area contributed by atoms with Crippen LogP contribution in [0.2, 0.25) is 0 Å². The summed E-state index contributed by atoms with van der Waals surface area (Å²) in [5.41, 5.74) is 0.850. The molecule has 1 heterocycles. The second kappa shape index (κ2) is 4.23. The summed E-state index contributed by atoms with van der Waals surface area (Å²) >= 11 is 1.74. The lowest BCUT2D eigenvalue weighted by atomic mass is 10.1. The molecule has 2 aromatic carbocycles. The van der Waals surface area contributed by atoms with Gasteiger partial charge in [0.1, 0.15) is 0 Å². The van der Waals surface area contributed by atoms with E-state index < -0.39 is 4.92 Å². The molecule has 0 bridgehead atoms. The fourth-order valence-corrected chi connectivity index (χ4v) is 3.08. The van der Waals surface area contributed by atoms with Gasteiger partial charge in [0.05, 0.1) is 4.92 Å². The molecule has 0 aliphatic rings. The van der Waals surface area contributed by atoms with Crippen LogP contribution < -0.4 is 0 Å². The Morgan fingerprint density at radius 2 is 1.83 bits per heavy atom. The largest absolute Gasteiger partial charge is 0.259 e. The molecule has 0 aliphatic carbocycles. The molecule has 1 aromatic heterocycles. The number of nitro groups is 1. The van der Waals surface area contributed by atoms with Gasteiger partial charge in [-0.2, -0.15) is 0 Å². The average molecular weight is 255 g/mol. The number of rotatable bonds is 2. The molecule has 0 unspecified atom stereocenters. The maximum atomic E-state index is 10.3. The highest BCUT2D eigenvalue weighted by Gasteiger charge is 2.04. The number of fused-ring (bicyclic) bond motifs is 3. The van der Waals surface area contributed by atoms with Gasteiger partial charge in [0.25, 0.3) is 0 Å². The second-order valence-corrected chi connectivity index (χ2v) is 5.04. The highest BCUT2D eigenvalue weighted by Crippen LogP contribution is 2.34. The molecule has 0 saturated carbocycles. The SMILES string of the molecule is O=[N+]([O-])/C=C/c1ccc2sc3ccccc3c2c1. The van der Waals surface area contributed by atoms with Crippen LogP contribution in [-0.2, 0) is 0 Å². The molecule has 4 heteroatoms. The van der Waals surface area contributed by atoms with E-state index in [1.807, 2.05) is 30.3 Å². The quantitative estimate of drug-likeness (QED) is 0.506. The van der Waals surface area contributed by atoms with Crippen molar-refractivity contribution in [3.63, 3.8) is 0 Å². The summed E-state index contributed by atoms with van der Waals surface area (Å²) in [7, 11) is 0. The van der Waals surface area contributed by atoms with Crippen molar-refractivity contribution in [1.29, 1.82) is 0 Å². The van der Waals surface area contributed by atoms with E-state index in [4.69, 9.17) is 0 Å². The topological polar surface area (TPSA) is 43.1 Å². The summed E-state index contributed by atoms with van der Waals surface area (Å²) in [5, 5.41) is 12.7. The average Bonchev–Trinajstić information content (AvgIpc) is 2.74. The van der Waals surface area contributed by atoms with E-state index in [2.05, 4.69) is 12.1 Å². The van der Waals surface area contributed by atoms with Gasteiger partial charge in [-0.15, -0.1) is 11.3 Å². The molecule has 0 fully saturated rings. The Hall–Kier alpha value is -2.20. The molecule has 3 rings (SSSR count). The Morgan fingerprint density at radius 3 is 2.67 bits per heavy atom. The van der Waals surface area contributed by atoms with Crippen LogP contribution in [0.3, 0.4) is 0 Å².